The van der Waals surface area contributed by atoms with Gasteiger partial charge in [0, 0.05) is 0 Å². The molecule has 84 valence electrons. The van der Waals surface area contributed by atoms with Gasteiger partial charge in [0.1, 0.15) is 0 Å². The number of halogens is 1. The first kappa shape index (κ1) is 12.7. The van der Waals surface area contributed by atoms with Gasteiger partial charge in [0.25, 0.3) is 0 Å². The SMILES string of the molecule is Cl.NNC(c1ccccc1)c1ccccc1. The van der Waals surface area contributed by atoms with Gasteiger partial charge in [0.15, 0.2) is 0 Å². The Morgan fingerprint density at radius 2 is 1.12 bits per heavy atom. The zero-order chi connectivity index (χ0) is 10.5. The van der Waals surface area contributed by atoms with Crippen LogP contribution in [0.3, 0.4) is 0 Å². The van der Waals surface area contributed by atoms with Crippen molar-refractivity contribution in [2.24, 2.45) is 5.84 Å². The molecule has 2 aromatic rings. The second-order valence-electron chi connectivity index (χ2n) is 3.42. The number of hydrogen-bond acceptors (Lipinski definition) is 2. The molecule has 0 bridgehead atoms. The Morgan fingerprint density at radius 3 is 1.44 bits per heavy atom. The van der Waals surface area contributed by atoms with Crippen LogP contribution in [0.1, 0.15) is 17.2 Å². The normalized spacial score (nSPS) is 9.88. The maximum absolute atomic E-state index is 5.59. The van der Waals surface area contributed by atoms with Crippen molar-refractivity contribution < 1.29 is 0 Å². The molecule has 0 unspecified atom stereocenters. The van der Waals surface area contributed by atoms with E-state index in [1.807, 2.05) is 36.4 Å². The Labute approximate surface area is 102 Å². The number of nitrogens with two attached hydrogens (primary N) is 1. The van der Waals surface area contributed by atoms with Crippen LogP contribution in [0.4, 0.5) is 0 Å². The van der Waals surface area contributed by atoms with Gasteiger partial charge in [-0.1, -0.05) is 60.7 Å². The van der Waals surface area contributed by atoms with Crippen molar-refractivity contribution in [3.63, 3.8) is 0 Å². The van der Waals surface area contributed by atoms with Crippen molar-refractivity contribution in [2.75, 3.05) is 0 Å². The number of hydrogen-bond donors (Lipinski definition) is 2. The third kappa shape index (κ3) is 2.83. The third-order valence-electron chi connectivity index (χ3n) is 2.43. The Bertz CT molecular complexity index is 363. The number of hydrazine groups is 1. The van der Waals surface area contributed by atoms with Crippen LogP contribution >= 0.6 is 12.4 Å². The van der Waals surface area contributed by atoms with E-state index in [1.54, 1.807) is 0 Å². The van der Waals surface area contributed by atoms with Crippen molar-refractivity contribution >= 4 is 12.4 Å². The fraction of sp³-hybridized carbons (Fsp3) is 0.0769. The highest BCUT2D eigenvalue weighted by Crippen LogP contribution is 2.20. The summed E-state index contributed by atoms with van der Waals surface area (Å²) in [5.41, 5.74) is 5.18. The lowest BCUT2D eigenvalue weighted by atomic mass is 10.00. The van der Waals surface area contributed by atoms with Gasteiger partial charge >= 0.3 is 0 Å². The Morgan fingerprint density at radius 1 is 0.750 bits per heavy atom. The zero-order valence-corrected chi connectivity index (χ0v) is 9.65. The smallest absolute Gasteiger partial charge is 0.0710 e. The number of nitrogens with one attached hydrogen (secondary N) is 1. The highest BCUT2D eigenvalue weighted by molar-refractivity contribution is 5.85. The van der Waals surface area contributed by atoms with E-state index in [0.717, 1.165) is 0 Å². The molecule has 0 aliphatic rings. The van der Waals surface area contributed by atoms with Gasteiger partial charge in [0.05, 0.1) is 6.04 Å². The number of benzene rings is 2. The van der Waals surface area contributed by atoms with E-state index in [2.05, 4.69) is 29.7 Å². The molecule has 3 N–H and O–H groups in total. The second kappa shape index (κ2) is 6.28. The summed E-state index contributed by atoms with van der Waals surface area (Å²) in [4.78, 5) is 0. The Balaban J connectivity index is 0.00000128. The summed E-state index contributed by atoms with van der Waals surface area (Å²) < 4.78 is 0. The van der Waals surface area contributed by atoms with E-state index in [-0.39, 0.29) is 18.4 Å². The average Bonchev–Trinajstić information content (AvgIpc) is 2.33. The summed E-state index contributed by atoms with van der Waals surface area (Å²) >= 11 is 0. The van der Waals surface area contributed by atoms with Crippen molar-refractivity contribution in [1.82, 2.24) is 5.43 Å². The zero-order valence-electron chi connectivity index (χ0n) is 8.84. The van der Waals surface area contributed by atoms with Crippen LogP contribution in [-0.4, -0.2) is 0 Å². The molecule has 0 atom stereocenters. The molecule has 2 rings (SSSR count). The molecule has 0 aliphatic carbocycles. The average molecular weight is 235 g/mol. The van der Waals surface area contributed by atoms with Crippen molar-refractivity contribution in [3.05, 3.63) is 71.8 Å². The summed E-state index contributed by atoms with van der Waals surface area (Å²) in [6.45, 7) is 0. The first-order chi connectivity index (χ1) is 7.42. The highest BCUT2D eigenvalue weighted by Gasteiger charge is 2.10. The molecular weight excluding hydrogens is 220 g/mol. The fourth-order valence-electron chi connectivity index (χ4n) is 1.68. The highest BCUT2D eigenvalue weighted by atomic mass is 35.5. The van der Waals surface area contributed by atoms with Crippen LogP contribution in [0.5, 0.6) is 0 Å². The summed E-state index contributed by atoms with van der Waals surface area (Å²) in [6, 6.07) is 20.4. The first-order valence-corrected chi connectivity index (χ1v) is 4.98. The lowest BCUT2D eigenvalue weighted by molar-refractivity contribution is 0.637. The molecule has 0 aromatic heterocycles. The first-order valence-electron chi connectivity index (χ1n) is 4.98. The molecule has 0 aliphatic heterocycles. The standard InChI is InChI=1S/C13H14N2.ClH/c14-15-13(11-7-3-1-4-8-11)12-9-5-2-6-10-12;/h1-10,13,15H,14H2;1H. The predicted octanol–water partition coefficient (Wildman–Crippen LogP) is 2.66. The molecule has 0 saturated heterocycles. The van der Waals surface area contributed by atoms with Gasteiger partial charge < -0.3 is 0 Å². The minimum absolute atomic E-state index is 0. The molecule has 0 amide bonds. The monoisotopic (exact) mass is 234 g/mol. The predicted molar refractivity (Wildman–Crippen MR) is 69.3 cm³/mol. The van der Waals surface area contributed by atoms with Gasteiger partial charge in [-0.25, -0.2) is 5.43 Å². The van der Waals surface area contributed by atoms with E-state index >= 15 is 0 Å². The topological polar surface area (TPSA) is 38.0 Å². The lowest BCUT2D eigenvalue weighted by Crippen LogP contribution is -2.28. The third-order valence-corrected chi connectivity index (χ3v) is 2.43. The molecule has 0 heterocycles. The van der Waals surface area contributed by atoms with Gasteiger partial charge in [-0.05, 0) is 11.1 Å². The summed E-state index contributed by atoms with van der Waals surface area (Å²) in [7, 11) is 0. The molecule has 0 fully saturated rings. The van der Waals surface area contributed by atoms with E-state index in [9.17, 15) is 0 Å². The summed E-state index contributed by atoms with van der Waals surface area (Å²) in [5.74, 6) is 5.59. The molecule has 3 heteroatoms. The van der Waals surface area contributed by atoms with E-state index in [1.165, 1.54) is 11.1 Å². The molecular formula is C13H15ClN2. The molecule has 0 radical (unpaired) electrons. The Kier molecular flexibility index (Phi) is 4.99. The van der Waals surface area contributed by atoms with Crippen LogP contribution in [0.15, 0.2) is 60.7 Å². The van der Waals surface area contributed by atoms with Gasteiger partial charge in [-0.15, -0.1) is 12.4 Å². The van der Waals surface area contributed by atoms with E-state index in [4.69, 9.17) is 5.84 Å². The van der Waals surface area contributed by atoms with E-state index < -0.39 is 0 Å². The minimum atomic E-state index is 0. The van der Waals surface area contributed by atoms with Crippen molar-refractivity contribution in [2.45, 2.75) is 6.04 Å². The quantitative estimate of drug-likeness (QED) is 0.633. The van der Waals surface area contributed by atoms with Gasteiger partial charge in [0.2, 0.25) is 0 Å². The van der Waals surface area contributed by atoms with Crippen LogP contribution in [0.25, 0.3) is 0 Å². The van der Waals surface area contributed by atoms with Crippen molar-refractivity contribution in [3.8, 4) is 0 Å². The molecule has 2 aromatic carbocycles. The van der Waals surface area contributed by atoms with Crippen LogP contribution in [0.2, 0.25) is 0 Å². The largest absolute Gasteiger partial charge is 0.271 e. The minimum Gasteiger partial charge on any atom is -0.271 e. The molecule has 0 spiro atoms. The molecule has 0 saturated carbocycles. The van der Waals surface area contributed by atoms with Gasteiger partial charge in [-0.3, -0.25) is 5.84 Å². The molecule has 16 heavy (non-hydrogen) atoms. The summed E-state index contributed by atoms with van der Waals surface area (Å²) in [5, 5.41) is 0. The van der Waals surface area contributed by atoms with Crippen molar-refractivity contribution in [1.29, 1.82) is 0 Å². The maximum atomic E-state index is 5.59. The molecule has 2 nitrogen and oxygen atoms in total. The van der Waals surface area contributed by atoms with Crippen LogP contribution in [0, 0.1) is 0 Å². The van der Waals surface area contributed by atoms with Crippen LogP contribution in [-0.2, 0) is 0 Å². The summed E-state index contributed by atoms with van der Waals surface area (Å²) in [6.07, 6.45) is 0. The second-order valence-corrected chi connectivity index (χ2v) is 3.42. The number of rotatable bonds is 3. The maximum Gasteiger partial charge on any atom is 0.0710 e. The van der Waals surface area contributed by atoms with Crippen LogP contribution < -0.4 is 11.3 Å². The fourth-order valence-corrected chi connectivity index (χ4v) is 1.68. The van der Waals surface area contributed by atoms with Gasteiger partial charge in [-0.2, -0.15) is 0 Å². The Hall–Kier alpha value is -1.35. The lowest BCUT2D eigenvalue weighted by Gasteiger charge is -2.16. The van der Waals surface area contributed by atoms with E-state index in [0.29, 0.717) is 0 Å².